The van der Waals surface area contributed by atoms with E-state index in [1.165, 1.54) is 0 Å². The van der Waals surface area contributed by atoms with Crippen molar-refractivity contribution in [2.24, 2.45) is 34.5 Å². The summed E-state index contributed by atoms with van der Waals surface area (Å²) < 4.78 is 17.7. The molecule has 0 unspecified atom stereocenters. The maximum absolute atomic E-state index is 12.8. The highest BCUT2D eigenvalue weighted by atomic mass is 16.5. The van der Waals surface area contributed by atoms with Crippen LogP contribution in [0.1, 0.15) is 32.6 Å². The molecule has 8 nitrogen and oxygen atoms in total. The summed E-state index contributed by atoms with van der Waals surface area (Å²) in [6, 6.07) is -0.442. The van der Waals surface area contributed by atoms with Gasteiger partial charge in [0.1, 0.15) is 11.2 Å². The molecule has 1 spiro atoms. The van der Waals surface area contributed by atoms with Gasteiger partial charge in [0.2, 0.25) is 0 Å². The molecule has 0 amide bonds. The molecule has 4 N–H and O–H groups in total. The highest BCUT2D eigenvalue weighted by Gasteiger charge is 2.91. The van der Waals surface area contributed by atoms with Crippen LogP contribution in [0.3, 0.4) is 0 Å². The van der Waals surface area contributed by atoms with E-state index in [1.54, 1.807) is 21.3 Å². The summed E-state index contributed by atoms with van der Waals surface area (Å²) in [5.41, 5.74) is -4.15. The molecule has 5 saturated carbocycles. The van der Waals surface area contributed by atoms with E-state index in [0.29, 0.717) is 26.0 Å². The molecule has 1 heterocycles. The van der Waals surface area contributed by atoms with Gasteiger partial charge in [0.15, 0.2) is 0 Å². The highest BCUT2D eigenvalue weighted by Crippen LogP contribution is 2.80. The van der Waals surface area contributed by atoms with Crippen molar-refractivity contribution in [3.05, 3.63) is 0 Å². The number of methoxy groups -OCH3 is 3. The van der Waals surface area contributed by atoms with Gasteiger partial charge in [0.25, 0.3) is 0 Å². The van der Waals surface area contributed by atoms with Gasteiger partial charge in [-0.15, -0.1) is 0 Å². The minimum Gasteiger partial charge on any atom is -0.392 e. The topological polar surface area (TPSA) is 112 Å². The molecule has 6 fully saturated rings. The molecule has 13 atom stereocenters. The molecule has 0 radical (unpaired) electrons. The van der Waals surface area contributed by atoms with E-state index < -0.39 is 46.9 Å². The zero-order chi connectivity index (χ0) is 22.8. The third-order valence-electron chi connectivity index (χ3n) is 11.2. The van der Waals surface area contributed by atoms with Gasteiger partial charge in [-0.3, -0.25) is 4.90 Å². The zero-order valence-corrected chi connectivity index (χ0v) is 19.6. The summed E-state index contributed by atoms with van der Waals surface area (Å²) in [6.07, 6.45) is -0.0296. The summed E-state index contributed by atoms with van der Waals surface area (Å²) >= 11 is 0. The molecule has 0 aromatic carbocycles. The predicted molar refractivity (Wildman–Crippen MR) is 114 cm³/mol. The lowest BCUT2D eigenvalue weighted by molar-refractivity contribution is -0.317. The summed E-state index contributed by atoms with van der Waals surface area (Å²) in [6.45, 7) is 4.05. The largest absolute Gasteiger partial charge is 0.392 e. The van der Waals surface area contributed by atoms with E-state index in [9.17, 15) is 20.4 Å². The second-order valence-corrected chi connectivity index (χ2v) is 11.7. The molecule has 1 aliphatic heterocycles. The smallest absolute Gasteiger partial charge is 0.136 e. The number of likely N-dealkylation sites (N-methyl/N-ethyl adjacent to an activating group) is 1. The van der Waals surface area contributed by atoms with Gasteiger partial charge >= 0.3 is 0 Å². The van der Waals surface area contributed by atoms with Crippen LogP contribution in [0.5, 0.6) is 0 Å². The molecular formula is C24H39NO7. The third-order valence-corrected chi connectivity index (χ3v) is 11.2. The van der Waals surface area contributed by atoms with Gasteiger partial charge in [-0.2, -0.15) is 0 Å². The van der Waals surface area contributed by atoms with E-state index in [2.05, 4.69) is 11.8 Å². The van der Waals surface area contributed by atoms with E-state index in [4.69, 9.17) is 14.2 Å². The quantitative estimate of drug-likeness (QED) is 0.446. The summed E-state index contributed by atoms with van der Waals surface area (Å²) in [7, 11) is 4.95. The predicted octanol–water partition coefficient (Wildman–Crippen LogP) is -0.383. The average molecular weight is 454 g/mol. The molecule has 182 valence electrons. The van der Waals surface area contributed by atoms with Crippen LogP contribution in [-0.4, -0.2) is 108 Å². The Kier molecular flexibility index (Phi) is 4.62. The van der Waals surface area contributed by atoms with E-state index in [-0.39, 0.29) is 35.7 Å². The van der Waals surface area contributed by atoms with Crippen LogP contribution < -0.4 is 0 Å². The van der Waals surface area contributed by atoms with E-state index in [1.807, 2.05) is 0 Å². The van der Waals surface area contributed by atoms with Crippen molar-refractivity contribution in [2.45, 2.75) is 74.3 Å². The van der Waals surface area contributed by atoms with Crippen LogP contribution in [0.15, 0.2) is 0 Å². The molecular weight excluding hydrogens is 414 g/mol. The Balaban J connectivity index is 1.67. The van der Waals surface area contributed by atoms with Gasteiger partial charge in [0, 0.05) is 62.9 Å². The Morgan fingerprint density at radius 1 is 1.09 bits per heavy atom. The molecule has 6 aliphatic rings. The monoisotopic (exact) mass is 453 g/mol. The lowest BCUT2D eigenvalue weighted by Crippen LogP contribution is -2.81. The molecule has 0 aromatic heterocycles. The van der Waals surface area contributed by atoms with Gasteiger partial charge in [-0.25, -0.2) is 0 Å². The van der Waals surface area contributed by atoms with Crippen molar-refractivity contribution in [3.8, 4) is 0 Å². The highest BCUT2D eigenvalue weighted by molar-refractivity contribution is 5.41. The van der Waals surface area contributed by atoms with Crippen molar-refractivity contribution in [1.82, 2.24) is 4.90 Å². The van der Waals surface area contributed by atoms with Crippen LogP contribution in [-0.2, 0) is 14.2 Å². The third kappa shape index (κ3) is 1.99. The van der Waals surface area contributed by atoms with Crippen LogP contribution in [0.25, 0.3) is 0 Å². The summed E-state index contributed by atoms with van der Waals surface area (Å²) in [4.78, 5) is 2.28. The standard InChI is InChI=1S/C24H39NO7/c1-5-25-10-21(11-30-2)7-6-15(26)23-13-8-12-14(31-3)9-22(28,16(13)17(12)27)24(29,20(23)25)19(32-4)18(21)23/h12-20,26-29H,5-11H2,1-4H3/t12-,13-,14+,15-,16-,17+,18-,19+,20+,21+,22-,23+,24+/m1/s1. The first-order valence-corrected chi connectivity index (χ1v) is 12.3. The number of aliphatic hydroxyl groups excluding tert-OH is 2. The van der Waals surface area contributed by atoms with E-state index >= 15 is 0 Å². The fourth-order valence-electron chi connectivity index (χ4n) is 10.7. The summed E-state index contributed by atoms with van der Waals surface area (Å²) in [5.74, 6) is -0.889. The Labute approximate surface area is 189 Å². The Hall–Kier alpha value is -0.320. The second kappa shape index (κ2) is 6.66. The Bertz CT molecular complexity index is 798. The number of fused-ring (bicyclic) bond motifs is 2. The van der Waals surface area contributed by atoms with Crippen LogP contribution in [0.4, 0.5) is 0 Å². The molecule has 32 heavy (non-hydrogen) atoms. The van der Waals surface area contributed by atoms with Crippen LogP contribution in [0.2, 0.25) is 0 Å². The van der Waals surface area contributed by atoms with Crippen LogP contribution >= 0.6 is 0 Å². The lowest BCUT2D eigenvalue weighted by atomic mass is 9.42. The molecule has 6 rings (SSSR count). The van der Waals surface area contributed by atoms with Crippen molar-refractivity contribution < 1.29 is 34.6 Å². The minimum absolute atomic E-state index is 0.102. The Morgan fingerprint density at radius 3 is 2.47 bits per heavy atom. The zero-order valence-electron chi connectivity index (χ0n) is 19.6. The number of rotatable bonds is 5. The van der Waals surface area contributed by atoms with Gasteiger partial charge in [-0.05, 0) is 31.7 Å². The number of nitrogens with zero attached hydrogens (tertiary/aromatic N) is 1. The first-order valence-electron chi connectivity index (χ1n) is 12.3. The average Bonchev–Trinajstić information content (AvgIpc) is 3.14. The second-order valence-electron chi connectivity index (χ2n) is 11.7. The first-order chi connectivity index (χ1) is 15.2. The fourth-order valence-corrected chi connectivity index (χ4v) is 10.7. The van der Waals surface area contributed by atoms with Crippen molar-refractivity contribution in [1.29, 1.82) is 0 Å². The molecule has 8 heteroatoms. The SMILES string of the molecule is CCN1C[C@]2(COC)CC[C@@H](O)[C@@]34[C@@H]5C[C@H]6[C@H](O)[C@@H]5[C@](O)(C[C@@H]6OC)[C@](O)([C@@H](OC)[C@H]23)[C@@H]14. The first kappa shape index (κ1) is 22.2. The van der Waals surface area contributed by atoms with Crippen molar-refractivity contribution in [2.75, 3.05) is 41.0 Å². The number of hydrogen-bond acceptors (Lipinski definition) is 8. The number of aliphatic hydroxyl groups is 4. The van der Waals surface area contributed by atoms with Gasteiger partial charge in [-0.1, -0.05) is 6.92 Å². The van der Waals surface area contributed by atoms with Crippen molar-refractivity contribution >= 4 is 0 Å². The van der Waals surface area contributed by atoms with Crippen molar-refractivity contribution in [3.63, 3.8) is 0 Å². The van der Waals surface area contributed by atoms with Gasteiger partial charge < -0.3 is 34.6 Å². The lowest BCUT2D eigenvalue weighted by Gasteiger charge is -2.69. The number of hydrogen-bond donors (Lipinski definition) is 4. The maximum Gasteiger partial charge on any atom is 0.136 e. The van der Waals surface area contributed by atoms with Gasteiger partial charge in [0.05, 0.1) is 37.1 Å². The number of likely N-dealkylation sites (tertiary alicyclic amines) is 1. The van der Waals surface area contributed by atoms with Crippen LogP contribution in [0, 0.1) is 34.5 Å². The molecule has 7 bridgehead atoms. The number of ether oxygens (including phenoxy) is 3. The summed E-state index contributed by atoms with van der Waals surface area (Å²) in [5, 5.41) is 48.5. The maximum atomic E-state index is 12.8. The molecule has 1 saturated heterocycles. The fraction of sp³-hybridized carbons (Fsp3) is 1.00. The molecule has 5 aliphatic carbocycles. The molecule has 0 aromatic rings. The Morgan fingerprint density at radius 2 is 1.84 bits per heavy atom. The number of piperidine rings is 1. The van der Waals surface area contributed by atoms with E-state index in [0.717, 1.165) is 13.0 Å². The minimum atomic E-state index is -1.63. The normalized spacial score (nSPS) is 62.4.